The summed E-state index contributed by atoms with van der Waals surface area (Å²) >= 11 is 0. The summed E-state index contributed by atoms with van der Waals surface area (Å²) in [6.45, 7) is 4.51. The maximum atomic E-state index is 12.7. The van der Waals surface area contributed by atoms with E-state index >= 15 is 0 Å². The molecule has 2 unspecified atom stereocenters. The molecule has 0 bridgehead atoms. The maximum absolute atomic E-state index is 12.7. The molecule has 0 saturated carbocycles. The minimum Gasteiger partial charge on any atom is -0.545 e. The minimum absolute atomic E-state index is 0.146. The zero-order valence-electron chi connectivity index (χ0n) is 34.4. The van der Waals surface area contributed by atoms with Crippen LogP contribution < -0.4 is 5.11 Å². The van der Waals surface area contributed by atoms with E-state index in [1.54, 1.807) is 0 Å². The molecular formula is C44H77NO8. The van der Waals surface area contributed by atoms with Crippen molar-refractivity contribution in [2.75, 3.05) is 47.5 Å². The number of ether oxygens (including phenoxy) is 4. The van der Waals surface area contributed by atoms with E-state index in [4.69, 9.17) is 18.9 Å². The van der Waals surface area contributed by atoms with Gasteiger partial charge in [0.05, 0.1) is 40.3 Å². The van der Waals surface area contributed by atoms with Crippen molar-refractivity contribution in [1.29, 1.82) is 0 Å². The molecule has 0 N–H and O–H groups in total. The fourth-order valence-corrected chi connectivity index (χ4v) is 5.35. The van der Waals surface area contributed by atoms with Gasteiger partial charge in [0.15, 0.2) is 12.4 Å². The number of carboxylic acids is 1. The van der Waals surface area contributed by atoms with Gasteiger partial charge in [-0.15, -0.1) is 0 Å². The first kappa shape index (κ1) is 50.2. The summed E-state index contributed by atoms with van der Waals surface area (Å²) in [5.74, 6) is -2.31. The minimum atomic E-state index is -1.62. The SMILES string of the molecule is CC/C=C\C/C=C\C/C=C\C/C=C\CCCCCCCCCCCCC(=O)OC(COC(=O)CCCCCCC)COC(OCC[N+](C)(C)C)C(=O)[O-]. The second kappa shape index (κ2) is 36.2. The molecule has 306 valence electrons. The second-order valence-electron chi connectivity index (χ2n) is 14.9. The number of esters is 2. The van der Waals surface area contributed by atoms with Crippen molar-refractivity contribution in [2.45, 2.75) is 167 Å². The summed E-state index contributed by atoms with van der Waals surface area (Å²) < 4.78 is 22.3. The standard InChI is InChI=1S/C44H77NO8/c1-6-8-10-12-13-14-15-16-17-18-19-20-21-22-23-24-25-26-27-28-29-31-33-35-42(47)53-40(38-51-41(46)34-32-30-11-9-7-2)39-52-44(43(48)49)50-37-36-45(3,4)5/h8,10,13-14,16-17,19-20,40,44H,6-7,9,11-12,15,18,21-39H2,1-5H3/b10-8-,14-13-,17-16-,20-19-. The van der Waals surface area contributed by atoms with Crippen molar-refractivity contribution < 1.29 is 42.9 Å². The molecule has 0 aromatic rings. The van der Waals surface area contributed by atoms with Gasteiger partial charge in [0.1, 0.15) is 13.2 Å². The monoisotopic (exact) mass is 748 g/mol. The zero-order chi connectivity index (χ0) is 39.3. The Morgan fingerprint density at radius 3 is 1.60 bits per heavy atom. The van der Waals surface area contributed by atoms with Crippen LogP contribution in [0.1, 0.15) is 155 Å². The number of unbranched alkanes of at least 4 members (excludes halogenated alkanes) is 14. The molecule has 0 aliphatic carbocycles. The van der Waals surface area contributed by atoms with Gasteiger partial charge in [0.2, 0.25) is 0 Å². The third-order valence-electron chi connectivity index (χ3n) is 8.59. The lowest BCUT2D eigenvalue weighted by molar-refractivity contribution is -0.870. The van der Waals surface area contributed by atoms with Gasteiger partial charge in [0, 0.05) is 12.8 Å². The molecule has 0 aromatic carbocycles. The topological polar surface area (TPSA) is 111 Å². The Hall–Kier alpha value is -2.75. The predicted molar refractivity (Wildman–Crippen MR) is 214 cm³/mol. The van der Waals surface area contributed by atoms with Crippen LogP contribution >= 0.6 is 0 Å². The summed E-state index contributed by atoms with van der Waals surface area (Å²) in [5, 5.41) is 11.6. The Kier molecular flexibility index (Phi) is 34.4. The van der Waals surface area contributed by atoms with Crippen molar-refractivity contribution in [3.05, 3.63) is 48.6 Å². The van der Waals surface area contributed by atoms with Crippen LogP contribution in [0.3, 0.4) is 0 Å². The van der Waals surface area contributed by atoms with E-state index in [1.807, 2.05) is 21.1 Å². The van der Waals surface area contributed by atoms with Gasteiger partial charge in [-0.1, -0.05) is 140 Å². The number of quaternary nitrogens is 1. The average molecular weight is 748 g/mol. The van der Waals surface area contributed by atoms with Gasteiger partial charge in [-0.2, -0.15) is 0 Å². The first-order valence-corrected chi connectivity index (χ1v) is 20.8. The number of carboxylic acid groups (broad SMARTS) is 1. The molecule has 9 heteroatoms. The van der Waals surface area contributed by atoms with Crippen LogP contribution in [0, 0.1) is 0 Å². The molecule has 0 aliphatic heterocycles. The van der Waals surface area contributed by atoms with Crippen molar-refractivity contribution in [3.8, 4) is 0 Å². The van der Waals surface area contributed by atoms with Crippen LogP contribution in [0.2, 0.25) is 0 Å². The molecule has 0 spiro atoms. The highest BCUT2D eigenvalue weighted by Crippen LogP contribution is 2.14. The van der Waals surface area contributed by atoms with Crippen LogP contribution in [0.15, 0.2) is 48.6 Å². The third-order valence-corrected chi connectivity index (χ3v) is 8.59. The number of hydrogen-bond acceptors (Lipinski definition) is 8. The highest BCUT2D eigenvalue weighted by Gasteiger charge is 2.21. The van der Waals surface area contributed by atoms with Gasteiger partial charge >= 0.3 is 11.9 Å². The van der Waals surface area contributed by atoms with Crippen LogP contribution in [-0.2, 0) is 33.3 Å². The number of carbonyl (C=O) groups excluding carboxylic acids is 3. The molecule has 0 saturated heterocycles. The van der Waals surface area contributed by atoms with E-state index in [2.05, 4.69) is 62.5 Å². The largest absolute Gasteiger partial charge is 0.545 e. The number of nitrogens with zero attached hydrogens (tertiary/aromatic N) is 1. The number of aliphatic carboxylic acids is 1. The van der Waals surface area contributed by atoms with Gasteiger partial charge < -0.3 is 33.3 Å². The van der Waals surface area contributed by atoms with Gasteiger partial charge in [-0.25, -0.2) is 0 Å². The normalized spacial score (nSPS) is 13.5. The lowest BCUT2D eigenvalue weighted by atomic mass is 10.0. The maximum Gasteiger partial charge on any atom is 0.306 e. The van der Waals surface area contributed by atoms with Crippen LogP contribution in [0.4, 0.5) is 0 Å². The van der Waals surface area contributed by atoms with Gasteiger partial charge in [-0.05, 0) is 51.4 Å². The van der Waals surface area contributed by atoms with E-state index in [0.29, 0.717) is 17.4 Å². The number of rotatable bonds is 37. The lowest BCUT2D eigenvalue weighted by Gasteiger charge is -2.26. The Labute approximate surface area is 323 Å². The predicted octanol–water partition coefficient (Wildman–Crippen LogP) is 9.10. The Morgan fingerprint density at radius 2 is 1.08 bits per heavy atom. The Balaban J connectivity index is 4.23. The molecule has 0 aromatic heterocycles. The summed E-state index contributed by atoms with van der Waals surface area (Å²) in [7, 11) is 5.89. The summed E-state index contributed by atoms with van der Waals surface area (Å²) in [5.41, 5.74) is 0. The molecule has 53 heavy (non-hydrogen) atoms. The average Bonchev–Trinajstić information content (AvgIpc) is 3.11. The lowest BCUT2D eigenvalue weighted by Crippen LogP contribution is -2.44. The van der Waals surface area contributed by atoms with E-state index in [-0.39, 0.29) is 38.6 Å². The van der Waals surface area contributed by atoms with E-state index < -0.39 is 24.3 Å². The number of carbonyl (C=O) groups is 3. The quantitative estimate of drug-likeness (QED) is 0.0204. The molecule has 0 aliphatic rings. The highest BCUT2D eigenvalue weighted by atomic mass is 16.7. The molecule has 0 rings (SSSR count). The summed E-state index contributed by atoms with van der Waals surface area (Å²) in [4.78, 5) is 36.6. The fourth-order valence-electron chi connectivity index (χ4n) is 5.35. The molecular weight excluding hydrogens is 670 g/mol. The van der Waals surface area contributed by atoms with E-state index in [0.717, 1.165) is 83.5 Å². The number of likely N-dealkylation sites (N-methyl/N-ethyl adjacent to an activating group) is 1. The molecule has 0 amide bonds. The Morgan fingerprint density at radius 1 is 0.585 bits per heavy atom. The Bertz CT molecular complexity index is 1010. The molecule has 0 fully saturated rings. The van der Waals surface area contributed by atoms with Crippen molar-refractivity contribution in [2.24, 2.45) is 0 Å². The second-order valence-corrected chi connectivity index (χ2v) is 14.9. The summed E-state index contributed by atoms with van der Waals surface area (Å²) in [6, 6.07) is 0. The molecule has 2 atom stereocenters. The fraction of sp³-hybridized carbons (Fsp3) is 0.750. The van der Waals surface area contributed by atoms with Crippen LogP contribution in [0.5, 0.6) is 0 Å². The van der Waals surface area contributed by atoms with Crippen molar-refractivity contribution >= 4 is 17.9 Å². The molecule has 0 heterocycles. The zero-order valence-corrected chi connectivity index (χ0v) is 34.4. The van der Waals surface area contributed by atoms with Crippen LogP contribution in [0.25, 0.3) is 0 Å². The van der Waals surface area contributed by atoms with Gasteiger partial charge in [0.25, 0.3) is 0 Å². The highest BCUT2D eigenvalue weighted by molar-refractivity contribution is 5.70. The smallest absolute Gasteiger partial charge is 0.306 e. The van der Waals surface area contributed by atoms with Crippen molar-refractivity contribution in [1.82, 2.24) is 0 Å². The summed E-state index contributed by atoms with van der Waals surface area (Å²) in [6.07, 6.45) is 37.6. The molecule has 0 radical (unpaired) electrons. The van der Waals surface area contributed by atoms with Gasteiger partial charge in [-0.3, -0.25) is 9.59 Å². The van der Waals surface area contributed by atoms with E-state index in [1.165, 1.54) is 38.5 Å². The number of allylic oxidation sites excluding steroid dienone is 8. The van der Waals surface area contributed by atoms with Crippen LogP contribution in [-0.4, -0.2) is 82.3 Å². The van der Waals surface area contributed by atoms with E-state index in [9.17, 15) is 19.5 Å². The first-order chi connectivity index (χ1) is 25.6. The molecule has 9 nitrogen and oxygen atoms in total. The van der Waals surface area contributed by atoms with Crippen molar-refractivity contribution in [3.63, 3.8) is 0 Å². The first-order valence-electron chi connectivity index (χ1n) is 20.8. The number of hydrogen-bond donors (Lipinski definition) is 0. The third kappa shape index (κ3) is 37.4.